The van der Waals surface area contributed by atoms with Gasteiger partial charge in [-0.15, -0.1) is 0 Å². The molecule has 4 atom stereocenters. The molecule has 0 heterocycles. The van der Waals surface area contributed by atoms with E-state index < -0.39 is 35.6 Å². The Morgan fingerprint density at radius 2 is 0.727 bits per heavy atom. The number of ether oxygens (including phenoxy) is 4. The van der Waals surface area contributed by atoms with E-state index in [-0.39, 0.29) is 37.9 Å². The first-order valence-corrected chi connectivity index (χ1v) is 22.9. The lowest BCUT2D eigenvalue weighted by Crippen LogP contribution is -2.57. The molecule has 6 aromatic carbocycles. The number of carbonyl (C=O) groups is 4. The average molecular weight is 887 g/mol. The van der Waals surface area contributed by atoms with E-state index in [1.165, 1.54) is 0 Å². The number of benzene rings is 6. The first-order chi connectivity index (χ1) is 32.3. The van der Waals surface area contributed by atoms with E-state index in [1.54, 1.807) is 9.80 Å². The highest BCUT2D eigenvalue weighted by Gasteiger charge is 2.59. The van der Waals surface area contributed by atoms with Crippen molar-refractivity contribution in [2.75, 3.05) is 13.1 Å². The van der Waals surface area contributed by atoms with E-state index in [0.29, 0.717) is 50.5 Å². The molecule has 6 aromatic rings. The van der Waals surface area contributed by atoms with Gasteiger partial charge >= 0.3 is 11.9 Å². The second-order valence-electron chi connectivity index (χ2n) is 16.7. The van der Waals surface area contributed by atoms with E-state index in [0.717, 1.165) is 33.8 Å². The van der Waals surface area contributed by atoms with Gasteiger partial charge in [-0.1, -0.05) is 135 Å². The van der Waals surface area contributed by atoms with Crippen molar-refractivity contribution in [2.45, 2.75) is 65.8 Å². The van der Waals surface area contributed by atoms with Crippen LogP contribution in [0.25, 0.3) is 0 Å². The van der Waals surface area contributed by atoms with Gasteiger partial charge in [-0.05, 0) is 95.5 Å². The van der Waals surface area contributed by atoms with Crippen molar-refractivity contribution < 1.29 is 38.1 Å². The van der Waals surface area contributed by atoms with Crippen LogP contribution in [-0.4, -0.2) is 46.6 Å². The SMILES string of the molecule is CCCN(Cc1ccc(Oc2ccccc2)cc1)C(=O)C[C@@H]1[C@@H](CC(=O)N(CCC)Cc2ccc(Oc3ccccc3)cc2)[C@@H](C(=O)OCc2ccccc2)[C@@H]1C(=O)OCc1ccccc1. The zero-order chi connectivity index (χ0) is 46.1. The van der Waals surface area contributed by atoms with Crippen molar-refractivity contribution in [3.8, 4) is 23.0 Å². The van der Waals surface area contributed by atoms with Crippen molar-refractivity contribution >= 4 is 23.8 Å². The molecule has 66 heavy (non-hydrogen) atoms. The van der Waals surface area contributed by atoms with Gasteiger partial charge in [0.05, 0.1) is 11.8 Å². The summed E-state index contributed by atoms with van der Waals surface area (Å²) in [5, 5.41) is 0. The number of amides is 2. The van der Waals surface area contributed by atoms with Crippen LogP contribution in [0.15, 0.2) is 170 Å². The van der Waals surface area contributed by atoms with Gasteiger partial charge in [0, 0.05) is 39.0 Å². The molecule has 1 aliphatic rings. The number of esters is 2. The number of hydrogen-bond acceptors (Lipinski definition) is 8. The number of hydrogen-bond donors (Lipinski definition) is 0. The third-order valence-corrected chi connectivity index (χ3v) is 11.9. The van der Waals surface area contributed by atoms with Crippen molar-refractivity contribution in [3.63, 3.8) is 0 Å². The predicted octanol–water partition coefficient (Wildman–Crippen LogP) is 11.2. The molecule has 1 saturated carbocycles. The molecule has 0 aromatic heterocycles. The molecule has 0 N–H and O–H groups in total. The Hall–Kier alpha value is -7.20. The van der Waals surface area contributed by atoms with Crippen LogP contribution >= 0.6 is 0 Å². The lowest BCUT2D eigenvalue weighted by molar-refractivity contribution is -0.187. The molecule has 2 amide bonds. The minimum Gasteiger partial charge on any atom is -0.461 e. The highest BCUT2D eigenvalue weighted by molar-refractivity contribution is 5.88. The van der Waals surface area contributed by atoms with Gasteiger partial charge < -0.3 is 28.7 Å². The Morgan fingerprint density at radius 3 is 1.06 bits per heavy atom. The average Bonchev–Trinajstić information content (AvgIpc) is 3.34. The van der Waals surface area contributed by atoms with Gasteiger partial charge in [-0.2, -0.15) is 0 Å². The Kier molecular flexibility index (Phi) is 16.8. The molecule has 0 aliphatic heterocycles. The van der Waals surface area contributed by atoms with Gasteiger partial charge in [0.25, 0.3) is 0 Å². The Balaban J connectivity index is 1.13. The molecule has 1 aliphatic carbocycles. The van der Waals surface area contributed by atoms with E-state index >= 15 is 0 Å². The molecular formula is C56H58N2O8. The molecule has 10 nitrogen and oxygen atoms in total. The second kappa shape index (κ2) is 23.6. The molecule has 1 fully saturated rings. The first-order valence-electron chi connectivity index (χ1n) is 22.9. The van der Waals surface area contributed by atoms with Crippen LogP contribution in [-0.2, 0) is 55.0 Å². The largest absolute Gasteiger partial charge is 0.461 e. The topological polar surface area (TPSA) is 112 Å². The van der Waals surface area contributed by atoms with Crippen LogP contribution < -0.4 is 9.47 Å². The lowest BCUT2D eigenvalue weighted by atomic mass is 9.54. The molecule has 0 radical (unpaired) electrons. The predicted molar refractivity (Wildman–Crippen MR) is 253 cm³/mol. The van der Waals surface area contributed by atoms with Gasteiger partial charge in [-0.25, -0.2) is 0 Å². The van der Waals surface area contributed by atoms with Crippen LogP contribution in [0.5, 0.6) is 23.0 Å². The fraction of sp³-hybridized carbons (Fsp3) is 0.286. The molecular weight excluding hydrogens is 829 g/mol. The zero-order valence-corrected chi connectivity index (χ0v) is 37.7. The normalized spacial score (nSPS) is 16.3. The summed E-state index contributed by atoms with van der Waals surface area (Å²) in [6, 6.07) is 53.0. The van der Waals surface area contributed by atoms with Gasteiger partial charge in [0.15, 0.2) is 0 Å². The Morgan fingerprint density at radius 1 is 0.409 bits per heavy atom. The maximum atomic E-state index is 14.6. The minimum absolute atomic E-state index is 0.00236. The van der Waals surface area contributed by atoms with Crippen molar-refractivity contribution in [2.24, 2.45) is 23.7 Å². The summed E-state index contributed by atoms with van der Waals surface area (Å²) < 4.78 is 23.8. The van der Waals surface area contributed by atoms with Crippen LogP contribution in [0.2, 0.25) is 0 Å². The number of nitrogens with zero attached hydrogens (tertiary/aromatic N) is 2. The maximum absolute atomic E-state index is 14.6. The molecule has 7 rings (SSSR count). The van der Waals surface area contributed by atoms with E-state index in [2.05, 4.69) is 0 Å². The molecule has 0 spiro atoms. The molecule has 0 bridgehead atoms. The van der Waals surface area contributed by atoms with Crippen LogP contribution in [0.4, 0.5) is 0 Å². The van der Waals surface area contributed by atoms with Crippen LogP contribution in [0.3, 0.4) is 0 Å². The smallest absolute Gasteiger partial charge is 0.310 e. The quantitative estimate of drug-likeness (QED) is 0.0620. The van der Waals surface area contributed by atoms with Crippen LogP contribution in [0.1, 0.15) is 61.8 Å². The molecule has 0 saturated heterocycles. The highest BCUT2D eigenvalue weighted by atomic mass is 16.5. The van der Waals surface area contributed by atoms with Crippen LogP contribution in [0, 0.1) is 23.7 Å². The summed E-state index contributed by atoms with van der Waals surface area (Å²) >= 11 is 0. The summed E-state index contributed by atoms with van der Waals surface area (Å²) in [6.45, 7) is 5.63. The third kappa shape index (κ3) is 13.0. The molecule has 340 valence electrons. The van der Waals surface area contributed by atoms with E-state index in [4.69, 9.17) is 18.9 Å². The van der Waals surface area contributed by atoms with Gasteiger partial charge in [0.2, 0.25) is 11.8 Å². The van der Waals surface area contributed by atoms with Crippen molar-refractivity contribution in [1.82, 2.24) is 9.80 Å². The Labute approximate surface area is 388 Å². The zero-order valence-electron chi connectivity index (χ0n) is 37.7. The fourth-order valence-corrected chi connectivity index (χ4v) is 8.57. The fourth-order valence-electron chi connectivity index (χ4n) is 8.57. The number of carbonyl (C=O) groups excluding carboxylic acids is 4. The summed E-state index contributed by atoms with van der Waals surface area (Å²) in [5.74, 6) is -2.10. The van der Waals surface area contributed by atoms with Gasteiger partial charge in [-0.3, -0.25) is 19.2 Å². The third-order valence-electron chi connectivity index (χ3n) is 11.9. The van der Waals surface area contributed by atoms with Crippen molar-refractivity contribution in [3.05, 3.63) is 192 Å². The maximum Gasteiger partial charge on any atom is 0.310 e. The lowest BCUT2D eigenvalue weighted by Gasteiger charge is -2.49. The van der Waals surface area contributed by atoms with E-state index in [9.17, 15) is 19.2 Å². The first kappa shape index (κ1) is 46.8. The number of para-hydroxylation sites is 2. The molecule has 10 heteroatoms. The Bertz CT molecular complexity index is 2280. The summed E-state index contributed by atoms with van der Waals surface area (Å²) in [4.78, 5) is 61.3. The highest BCUT2D eigenvalue weighted by Crippen LogP contribution is 2.52. The molecule has 0 unspecified atom stereocenters. The minimum atomic E-state index is -1.01. The second-order valence-corrected chi connectivity index (χ2v) is 16.7. The van der Waals surface area contributed by atoms with E-state index in [1.807, 2.05) is 184 Å². The van der Waals surface area contributed by atoms with Crippen molar-refractivity contribution in [1.29, 1.82) is 0 Å². The summed E-state index contributed by atoms with van der Waals surface area (Å²) in [6.07, 6.45) is 1.29. The van der Waals surface area contributed by atoms with Gasteiger partial charge in [0.1, 0.15) is 36.2 Å². The standard InChI is InChI=1S/C56H58N2O8/c1-3-33-57(37-41-25-29-47(30-26-41)65-45-21-13-7-14-22-45)51(59)35-49-50(36-52(60)58(34-4-2)38-42-27-31-48(32-28-42)66-46-23-15-8-16-24-46)54(56(62)64-40-44-19-11-6-12-20-44)53(49)55(61)63-39-43-17-9-5-10-18-43/h5-32,49-50,53-54H,3-4,33-40H2,1-2H3/t49-,50-,53-,54-/m1/s1. The monoisotopic (exact) mass is 886 g/mol. The summed E-state index contributed by atoms with van der Waals surface area (Å²) in [7, 11) is 0. The number of rotatable bonds is 22. The summed E-state index contributed by atoms with van der Waals surface area (Å²) in [5.41, 5.74) is 3.40.